The van der Waals surface area contributed by atoms with Crippen molar-refractivity contribution in [2.45, 2.75) is 0 Å². The van der Waals surface area contributed by atoms with Crippen LogP contribution in [0.3, 0.4) is 0 Å². The monoisotopic (exact) mass is 246 g/mol. The van der Waals surface area contributed by atoms with Gasteiger partial charge < -0.3 is 14.9 Å². The summed E-state index contributed by atoms with van der Waals surface area (Å²) in [5.41, 5.74) is 0.0640. The van der Waals surface area contributed by atoms with Crippen molar-refractivity contribution in [1.29, 1.82) is 0 Å². The van der Waals surface area contributed by atoms with E-state index in [0.29, 0.717) is 10.8 Å². The number of hydrogen-bond acceptors (Lipinski definition) is 3. The minimum atomic E-state index is -1.11. The maximum Gasteiger partial charge on any atom is 0.341 e. The molecule has 0 aliphatic carbocycles. The van der Waals surface area contributed by atoms with Gasteiger partial charge in [0.25, 0.3) is 0 Å². The van der Waals surface area contributed by atoms with Gasteiger partial charge in [-0.25, -0.2) is 9.59 Å². The van der Waals surface area contributed by atoms with E-state index in [1.54, 1.807) is 24.3 Å². The Hall–Kier alpha value is -2.56. The number of carboxylic acid groups (broad SMARTS) is 2. The van der Waals surface area contributed by atoms with Crippen LogP contribution < -0.4 is 4.74 Å². The number of carbonyl (C=O) groups is 2. The first-order valence-electron chi connectivity index (χ1n) is 5.18. The van der Waals surface area contributed by atoms with Crippen LogP contribution >= 0.6 is 0 Å². The summed E-state index contributed by atoms with van der Waals surface area (Å²) >= 11 is 0. The van der Waals surface area contributed by atoms with Crippen LogP contribution in [0.15, 0.2) is 36.4 Å². The Labute approximate surface area is 102 Å². The molecule has 2 aromatic carbocycles. The van der Waals surface area contributed by atoms with Gasteiger partial charge in [-0.05, 0) is 17.5 Å². The normalized spacial score (nSPS) is 10.2. The molecule has 0 fully saturated rings. The Kier molecular flexibility index (Phi) is 3.14. The number of ether oxygens (including phenoxy) is 1. The molecule has 0 saturated carbocycles. The zero-order chi connectivity index (χ0) is 13.1. The summed E-state index contributed by atoms with van der Waals surface area (Å²) in [6.45, 7) is -0.507. The number of fused-ring (bicyclic) bond motifs is 1. The van der Waals surface area contributed by atoms with Crippen molar-refractivity contribution < 1.29 is 24.5 Å². The fraction of sp³-hybridized carbons (Fsp3) is 0.0769. The first-order chi connectivity index (χ1) is 8.58. The van der Waals surface area contributed by atoms with Crippen LogP contribution in [0.5, 0.6) is 5.75 Å². The molecule has 2 N–H and O–H groups in total. The molecule has 0 unspecified atom stereocenters. The average molecular weight is 246 g/mol. The highest BCUT2D eigenvalue weighted by molar-refractivity contribution is 5.97. The zero-order valence-electron chi connectivity index (χ0n) is 9.29. The molecule has 0 aliphatic heterocycles. The van der Waals surface area contributed by atoms with Crippen LogP contribution in [0.25, 0.3) is 10.8 Å². The molecule has 0 bridgehead atoms. The van der Waals surface area contributed by atoms with E-state index in [4.69, 9.17) is 14.9 Å². The third kappa shape index (κ3) is 2.40. The van der Waals surface area contributed by atoms with E-state index in [9.17, 15) is 9.59 Å². The Bertz CT molecular complexity index is 618. The lowest BCUT2D eigenvalue weighted by Crippen LogP contribution is -2.10. The quantitative estimate of drug-likeness (QED) is 0.861. The molecule has 2 rings (SSSR count). The predicted molar refractivity (Wildman–Crippen MR) is 64.0 cm³/mol. The van der Waals surface area contributed by atoms with E-state index >= 15 is 0 Å². The second-order valence-electron chi connectivity index (χ2n) is 3.68. The van der Waals surface area contributed by atoms with Gasteiger partial charge in [0.15, 0.2) is 6.61 Å². The lowest BCUT2D eigenvalue weighted by Gasteiger charge is -2.08. The summed E-state index contributed by atoms with van der Waals surface area (Å²) in [5.74, 6) is -1.94. The van der Waals surface area contributed by atoms with Gasteiger partial charge in [0, 0.05) is 5.39 Å². The minimum absolute atomic E-state index is 0.0640. The summed E-state index contributed by atoms with van der Waals surface area (Å²) in [7, 11) is 0. The molecule has 5 heteroatoms. The highest BCUT2D eigenvalue weighted by Crippen LogP contribution is 2.27. The van der Waals surface area contributed by atoms with Crippen molar-refractivity contribution in [3.8, 4) is 5.75 Å². The highest BCUT2D eigenvalue weighted by atomic mass is 16.5. The van der Waals surface area contributed by atoms with E-state index < -0.39 is 18.5 Å². The molecule has 5 nitrogen and oxygen atoms in total. The SMILES string of the molecule is O=C(O)COc1cc(C(=O)O)cc2ccccc12. The van der Waals surface area contributed by atoms with Gasteiger partial charge in [0.1, 0.15) is 5.75 Å². The van der Waals surface area contributed by atoms with Gasteiger partial charge in [0.2, 0.25) is 0 Å². The number of hydrogen-bond donors (Lipinski definition) is 2. The van der Waals surface area contributed by atoms with Crippen molar-refractivity contribution >= 4 is 22.7 Å². The van der Waals surface area contributed by atoms with E-state index in [2.05, 4.69) is 0 Å². The predicted octanol–water partition coefficient (Wildman–Crippen LogP) is 2.00. The van der Waals surface area contributed by atoms with Crippen LogP contribution in [0.4, 0.5) is 0 Å². The van der Waals surface area contributed by atoms with E-state index in [0.717, 1.165) is 0 Å². The summed E-state index contributed by atoms with van der Waals surface area (Å²) in [4.78, 5) is 21.4. The van der Waals surface area contributed by atoms with Gasteiger partial charge in [-0.1, -0.05) is 24.3 Å². The standard InChI is InChI=1S/C13H10O5/c14-12(15)7-18-11-6-9(13(16)17)5-8-3-1-2-4-10(8)11/h1-6H,7H2,(H,14,15)(H,16,17). The highest BCUT2D eigenvalue weighted by Gasteiger charge is 2.10. The first-order valence-corrected chi connectivity index (χ1v) is 5.18. The minimum Gasteiger partial charge on any atom is -0.481 e. The first kappa shape index (κ1) is 11.9. The van der Waals surface area contributed by atoms with E-state index in [-0.39, 0.29) is 11.3 Å². The fourth-order valence-corrected chi connectivity index (χ4v) is 1.66. The summed E-state index contributed by atoms with van der Waals surface area (Å²) < 4.78 is 5.11. The number of aromatic carboxylic acids is 1. The smallest absolute Gasteiger partial charge is 0.341 e. The Morgan fingerprint density at radius 2 is 1.83 bits per heavy atom. The van der Waals surface area contributed by atoms with Crippen molar-refractivity contribution in [3.05, 3.63) is 42.0 Å². The maximum atomic E-state index is 11.0. The number of carboxylic acids is 2. The van der Waals surface area contributed by atoms with E-state index in [1.807, 2.05) is 0 Å². The number of rotatable bonds is 4. The summed E-state index contributed by atoms with van der Waals surface area (Å²) in [5, 5.41) is 18.9. The average Bonchev–Trinajstić information content (AvgIpc) is 2.35. The molecule has 18 heavy (non-hydrogen) atoms. The molecule has 0 radical (unpaired) electrons. The lowest BCUT2D eigenvalue weighted by atomic mass is 10.1. The van der Waals surface area contributed by atoms with Gasteiger partial charge in [0.05, 0.1) is 5.56 Å². The lowest BCUT2D eigenvalue weighted by molar-refractivity contribution is -0.139. The fourth-order valence-electron chi connectivity index (χ4n) is 1.66. The van der Waals surface area contributed by atoms with Gasteiger partial charge in [-0.2, -0.15) is 0 Å². The van der Waals surface area contributed by atoms with E-state index in [1.165, 1.54) is 12.1 Å². The van der Waals surface area contributed by atoms with Crippen molar-refractivity contribution in [1.82, 2.24) is 0 Å². The molecule has 0 aliphatic rings. The molecule has 2 aromatic rings. The Morgan fingerprint density at radius 3 is 2.50 bits per heavy atom. The van der Waals surface area contributed by atoms with Crippen molar-refractivity contribution in [2.24, 2.45) is 0 Å². The van der Waals surface area contributed by atoms with Crippen molar-refractivity contribution in [3.63, 3.8) is 0 Å². The molecular weight excluding hydrogens is 236 g/mol. The second-order valence-corrected chi connectivity index (χ2v) is 3.68. The van der Waals surface area contributed by atoms with Crippen LogP contribution in [0.1, 0.15) is 10.4 Å². The maximum absolute atomic E-state index is 11.0. The molecule has 0 aromatic heterocycles. The number of aliphatic carboxylic acids is 1. The molecule has 0 spiro atoms. The largest absolute Gasteiger partial charge is 0.481 e. The van der Waals surface area contributed by atoms with Crippen molar-refractivity contribution in [2.75, 3.05) is 6.61 Å². The van der Waals surface area contributed by atoms with Crippen LogP contribution in [-0.4, -0.2) is 28.8 Å². The van der Waals surface area contributed by atoms with Crippen LogP contribution in [-0.2, 0) is 4.79 Å². The molecule has 0 amide bonds. The molecule has 92 valence electrons. The Balaban J connectivity index is 2.53. The topological polar surface area (TPSA) is 83.8 Å². The van der Waals surface area contributed by atoms with Gasteiger partial charge >= 0.3 is 11.9 Å². The second kappa shape index (κ2) is 4.75. The zero-order valence-corrected chi connectivity index (χ0v) is 9.29. The molecular formula is C13H10O5. The molecule has 0 atom stereocenters. The van der Waals surface area contributed by atoms with Crippen LogP contribution in [0.2, 0.25) is 0 Å². The van der Waals surface area contributed by atoms with Crippen LogP contribution in [0, 0.1) is 0 Å². The Morgan fingerprint density at radius 1 is 1.11 bits per heavy atom. The third-order valence-electron chi connectivity index (χ3n) is 2.42. The summed E-state index contributed by atoms with van der Waals surface area (Å²) in [6, 6.07) is 9.89. The number of benzene rings is 2. The van der Waals surface area contributed by atoms with Gasteiger partial charge in [-0.3, -0.25) is 0 Å². The molecule has 0 saturated heterocycles. The third-order valence-corrected chi connectivity index (χ3v) is 2.42. The van der Waals surface area contributed by atoms with Gasteiger partial charge in [-0.15, -0.1) is 0 Å². The summed E-state index contributed by atoms with van der Waals surface area (Å²) in [6.07, 6.45) is 0. The molecule has 0 heterocycles.